The molecule has 0 saturated heterocycles. The van der Waals surface area contributed by atoms with Gasteiger partial charge in [-0.2, -0.15) is 0 Å². The van der Waals surface area contributed by atoms with Gasteiger partial charge in [0.2, 0.25) is 6.10 Å². The van der Waals surface area contributed by atoms with Crippen LogP contribution < -0.4 is 0 Å². The second kappa shape index (κ2) is 7.94. The lowest BCUT2D eigenvalue weighted by molar-refractivity contribution is -0.151. The van der Waals surface area contributed by atoms with Gasteiger partial charge >= 0.3 is 11.9 Å². The molecule has 2 rings (SSSR count). The number of carbonyl (C=O) groups is 2. The van der Waals surface area contributed by atoms with E-state index in [1.54, 1.807) is 30.3 Å². The van der Waals surface area contributed by atoms with E-state index >= 15 is 0 Å². The number of sulfone groups is 1. The third-order valence-electron chi connectivity index (χ3n) is 3.56. The first-order valence-electron chi connectivity index (χ1n) is 7.56. The van der Waals surface area contributed by atoms with Gasteiger partial charge in [0.25, 0.3) is 0 Å². The van der Waals surface area contributed by atoms with Gasteiger partial charge in [-0.3, -0.25) is 0 Å². The fraction of sp³-hybridized carbons (Fsp3) is 0.222. The second-order valence-electron chi connectivity index (χ2n) is 5.12. The molecule has 0 amide bonds. The normalized spacial score (nSPS) is 12.2. The Kier molecular flexibility index (Phi) is 5.93. The van der Waals surface area contributed by atoms with Crippen molar-refractivity contribution in [3.05, 3.63) is 65.7 Å². The quantitative estimate of drug-likeness (QED) is 0.734. The lowest BCUT2D eigenvalue weighted by Crippen LogP contribution is -2.22. The zero-order valence-electron chi connectivity index (χ0n) is 13.8. The molecule has 0 aliphatic heterocycles. The molecule has 2 aromatic rings. The van der Waals surface area contributed by atoms with Gasteiger partial charge in [-0.1, -0.05) is 49.4 Å². The fourth-order valence-electron chi connectivity index (χ4n) is 2.22. The Morgan fingerprint density at radius 3 is 2.20 bits per heavy atom. The van der Waals surface area contributed by atoms with Crippen molar-refractivity contribution >= 4 is 21.8 Å². The second-order valence-corrected chi connectivity index (χ2v) is 7.37. The van der Waals surface area contributed by atoms with Crippen molar-refractivity contribution in [2.24, 2.45) is 0 Å². The number of ether oxygens (including phenoxy) is 2. The highest BCUT2D eigenvalue weighted by molar-refractivity contribution is 7.91. The van der Waals surface area contributed by atoms with E-state index < -0.39 is 27.9 Å². The minimum absolute atomic E-state index is 0.116. The van der Waals surface area contributed by atoms with E-state index in [0.29, 0.717) is 5.56 Å². The topological polar surface area (TPSA) is 86.7 Å². The van der Waals surface area contributed by atoms with Gasteiger partial charge in [0, 0.05) is 5.56 Å². The molecule has 0 aliphatic rings. The molecule has 0 bridgehead atoms. The zero-order chi connectivity index (χ0) is 18.4. The molecule has 0 aliphatic carbocycles. The highest BCUT2D eigenvalue weighted by Gasteiger charge is 2.29. The summed E-state index contributed by atoms with van der Waals surface area (Å²) in [6, 6.07) is 14.1. The number of hydrogen-bond donors (Lipinski definition) is 0. The van der Waals surface area contributed by atoms with Crippen molar-refractivity contribution in [1.29, 1.82) is 0 Å². The Balaban J connectivity index is 2.39. The van der Waals surface area contributed by atoms with Gasteiger partial charge in [-0.05, 0) is 12.1 Å². The van der Waals surface area contributed by atoms with E-state index in [0.717, 1.165) is 0 Å². The summed E-state index contributed by atoms with van der Waals surface area (Å²) in [6.07, 6.45) is -1.28. The fourth-order valence-corrected chi connectivity index (χ4v) is 3.30. The molecular weight excluding hydrogens is 344 g/mol. The Morgan fingerprint density at radius 2 is 1.60 bits per heavy atom. The molecule has 0 radical (unpaired) electrons. The zero-order valence-corrected chi connectivity index (χ0v) is 14.7. The third kappa shape index (κ3) is 4.24. The molecule has 0 N–H and O–H groups in total. The standard InChI is InChI=1S/C18H18O6S/c1-3-25(21,22)15-12-8-7-11-14(15)17(19)24-16(18(20)23-2)13-9-5-4-6-10-13/h4-12,16H,3H2,1-2H3/t16-/m1/s1. The number of rotatable bonds is 6. The number of benzene rings is 2. The van der Waals surface area contributed by atoms with Crippen LogP contribution in [0.3, 0.4) is 0 Å². The first kappa shape index (κ1) is 18.7. The molecule has 0 aromatic heterocycles. The molecule has 132 valence electrons. The van der Waals surface area contributed by atoms with Gasteiger partial charge in [0.05, 0.1) is 23.3 Å². The van der Waals surface area contributed by atoms with E-state index in [4.69, 9.17) is 4.74 Å². The van der Waals surface area contributed by atoms with Gasteiger partial charge in [0.15, 0.2) is 9.84 Å². The smallest absolute Gasteiger partial charge is 0.351 e. The summed E-state index contributed by atoms with van der Waals surface area (Å²) in [5.74, 6) is -1.82. The molecule has 1 atom stereocenters. The van der Waals surface area contributed by atoms with Gasteiger partial charge in [0.1, 0.15) is 0 Å². The molecule has 0 fully saturated rings. The van der Waals surface area contributed by atoms with Crippen LogP contribution in [-0.2, 0) is 24.1 Å². The summed E-state index contributed by atoms with van der Waals surface area (Å²) >= 11 is 0. The van der Waals surface area contributed by atoms with E-state index in [-0.39, 0.29) is 16.2 Å². The number of carbonyl (C=O) groups excluding carboxylic acids is 2. The highest BCUT2D eigenvalue weighted by atomic mass is 32.2. The minimum atomic E-state index is -3.62. The Labute approximate surface area is 146 Å². The van der Waals surface area contributed by atoms with E-state index in [1.807, 2.05) is 0 Å². The Hall–Kier alpha value is -2.67. The number of methoxy groups -OCH3 is 1. The molecule has 0 saturated carbocycles. The van der Waals surface area contributed by atoms with Crippen LogP contribution in [0.2, 0.25) is 0 Å². The lowest BCUT2D eigenvalue weighted by Gasteiger charge is -2.17. The summed E-state index contributed by atoms with van der Waals surface area (Å²) in [5.41, 5.74) is 0.313. The van der Waals surface area contributed by atoms with E-state index in [1.165, 1.54) is 38.3 Å². The van der Waals surface area contributed by atoms with E-state index in [2.05, 4.69) is 4.74 Å². The third-order valence-corrected chi connectivity index (χ3v) is 5.35. The molecule has 6 nitrogen and oxygen atoms in total. The molecule has 0 heterocycles. The molecule has 25 heavy (non-hydrogen) atoms. The van der Waals surface area contributed by atoms with Crippen LogP contribution in [0.15, 0.2) is 59.5 Å². The lowest BCUT2D eigenvalue weighted by atomic mass is 10.1. The summed E-state index contributed by atoms with van der Waals surface area (Å²) in [6.45, 7) is 1.48. The first-order valence-corrected chi connectivity index (χ1v) is 9.21. The van der Waals surface area contributed by atoms with Crippen molar-refractivity contribution in [2.75, 3.05) is 12.9 Å². The molecule has 0 spiro atoms. The summed E-state index contributed by atoms with van der Waals surface area (Å²) < 4.78 is 34.3. The van der Waals surface area contributed by atoms with Crippen molar-refractivity contribution in [2.45, 2.75) is 17.9 Å². The summed E-state index contributed by atoms with van der Waals surface area (Å²) in [7, 11) is -2.43. The van der Waals surface area contributed by atoms with Crippen molar-refractivity contribution in [3.63, 3.8) is 0 Å². The van der Waals surface area contributed by atoms with E-state index in [9.17, 15) is 18.0 Å². The summed E-state index contributed by atoms with van der Waals surface area (Å²) in [5, 5.41) is 0. The van der Waals surface area contributed by atoms with Gasteiger partial charge < -0.3 is 9.47 Å². The Morgan fingerprint density at radius 1 is 1.00 bits per heavy atom. The van der Waals surface area contributed by atoms with Gasteiger partial charge in [-0.15, -0.1) is 0 Å². The minimum Gasteiger partial charge on any atom is -0.466 e. The summed E-state index contributed by atoms with van der Waals surface area (Å²) in [4.78, 5) is 24.4. The number of esters is 2. The maximum atomic E-state index is 12.5. The highest BCUT2D eigenvalue weighted by Crippen LogP contribution is 2.24. The Bertz CT molecular complexity index is 858. The predicted octanol–water partition coefficient (Wildman–Crippen LogP) is 2.55. The predicted molar refractivity (Wildman–Crippen MR) is 90.8 cm³/mol. The number of hydrogen-bond acceptors (Lipinski definition) is 6. The van der Waals surface area contributed by atoms with Crippen molar-refractivity contribution < 1.29 is 27.5 Å². The van der Waals surface area contributed by atoms with Crippen LogP contribution in [0.5, 0.6) is 0 Å². The van der Waals surface area contributed by atoms with Crippen LogP contribution >= 0.6 is 0 Å². The van der Waals surface area contributed by atoms with Crippen LogP contribution in [0.1, 0.15) is 28.9 Å². The van der Waals surface area contributed by atoms with Gasteiger partial charge in [-0.25, -0.2) is 18.0 Å². The monoisotopic (exact) mass is 362 g/mol. The van der Waals surface area contributed by atoms with Crippen LogP contribution in [-0.4, -0.2) is 33.2 Å². The molecule has 2 aromatic carbocycles. The molecule has 0 unspecified atom stereocenters. The van der Waals surface area contributed by atoms with Crippen molar-refractivity contribution in [3.8, 4) is 0 Å². The maximum Gasteiger partial charge on any atom is 0.351 e. The largest absolute Gasteiger partial charge is 0.466 e. The van der Waals surface area contributed by atoms with Crippen LogP contribution in [0.25, 0.3) is 0 Å². The first-order chi connectivity index (χ1) is 11.9. The maximum absolute atomic E-state index is 12.5. The average Bonchev–Trinajstić information content (AvgIpc) is 2.66. The van der Waals surface area contributed by atoms with Crippen LogP contribution in [0, 0.1) is 0 Å². The SMILES string of the molecule is CCS(=O)(=O)c1ccccc1C(=O)O[C@@H](C(=O)OC)c1ccccc1. The molecular formula is C18H18O6S. The van der Waals surface area contributed by atoms with Crippen LogP contribution in [0.4, 0.5) is 0 Å². The molecule has 7 heteroatoms. The van der Waals surface area contributed by atoms with Crippen molar-refractivity contribution in [1.82, 2.24) is 0 Å². The average molecular weight is 362 g/mol.